The highest BCUT2D eigenvalue weighted by molar-refractivity contribution is 5.91. The summed E-state index contributed by atoms with van der Waals surface area (Å²) in [4.78, 5) is 14.9. The highest BCUT2D eigenvalue weighted by atomic mass is 16.2. The van der Waals surface area contributed by atoms with Crippen molar-refractivity contribution in [3.05, 3.63) is 108 Å². The van der Waals surface area contributed by atoms with Gasteiger partial charge in [-0.1, -0.05) is 80.1 Å². The lowest BCUT2D eigenvalue weighted by molar-refractivity contribution is -0.118. The molecule has 5 heteroatoms. The van der Waals surface area contributed by atoms with Crippen molar-refractivity contribution in [2.24, 2.45) is 0 Å². The summed E-state index contributed by atoms with van der Waals surface area (Å²) < 4.78 is 1.97. The van der Waals surface area contributed by atoms with Crippen molar-refractivity contribution in [1.29, 1.82) is 0 Å². The van der Waals surface area contributed by atoms with E-state index in [-0.39, 0.29) is 11.3 Å². The van der Waals surface area contributed by atoms with E-state index in [1.807, 2.05) is 28.9 Å². The van der Waals surface area contributed by atoms with Crippen LogP contribution in [0, 0.1) is 6.92 Å². The van der Waals surface area contributed by atoms with E-state index >= 15 is 0 Å². The summed E-state index contributed by atoms with van der Waals surface area (Å²) in [5.41, 5.74) is 6.52. The van der Waals surface area contributed by atoms with Gasteiger partial charge in [-0.05, 0) is 48.9 Å². The summed E-state index contributed by atoms with van der Waals surface area (Å²) in [6.45, 7) is 6.84. The van der Waals surface area contributed by atoms with Gasteiger partial charge >= 0.3 is 0 Å². The molecule has 4 aromatic rings. The molecule has 6 rings (SSSR count). The van der Waals surface area contributed by atoms with Gasteiger partial charge in [-0.3, -0.25) is 4.79 Å². The van der Waals surface area contributed by atoms with E-state index in [1.165, 1.54) is 11.1 Å². The highest BCUT2D eigenvalue weighted by Gasteiger charge is 2.59. The molecule has 1 atom stereocenters. The standard InChI is InChI=1S/C30H28N4O/c1-21-13-15-22(16-14-21)26-19-24(34(32-26)23-9-5-4-6-10-23)17-18-30-29(2,3)25-11-7-8-12-27(25)33(30)20-28(35)31-30/h4-19H,20H2,1-3H3,(H,31,35)/b18-17+/t30-/m1/s1. The zero-order valence-corrected chi connectivity index (χ0v) is 20.2. The maximum Gasteiger partial charge on any atom is 0.241 e. The molecule has 3 aromatic carbocycles. The van der Waals surface area contributed by atoms with Gasteiger partial charge in [-0.2, -0.15) is 5.10 Å². The van der Waals surface area contributed by atoms with E-state index < -0.39 is 5.66 Å². The molecule has 1 saturated heterocycles. The number of carbonyl (C=O) groups excluding carboxylic acids is 1. The number of aryl methyl sites for hydroxylation is 1. The predicted octanol–water partition coefficient (Wildman–Crippen LogP) is 5.48. The van der Waals surface area contributed by atoms with Crippen LogP contribution in [0.4, 0.5) is 5.69 Å². The number of aromatic nitrogens is 2. The second kappa shape index (κ2) is 7.70. The number of benzene rings is 3. The predicted molar refractivity (Wildman–Crippen MR) is 140 cm³/mol. The van der Waals surface area contributed by atoms with Crippen molar-refractivity contribution in [3.8, 4) is 16.9 Å². The lowest BCUT2D eigenvalue weighted by Gasteiger charge is -2.40. The first kappa shape index (κ1) is 21.4. The molecule has 0 saturated carbocycles. The monoisotopic (exact) mass is 460 g/mol. The molecule has 0 bridgehead atoms. The van der Waals surface area contributed by atoms with Crippen molar-refractivity contribution >= 4 is 17.7 Å². The Bertz CT molecular complexity index is 1450. The summed E-state index contributed by atoms with van der Waals surface area (Å²) in [5.74, 6) is 0.0362. The van der Waals surface area contributed by atoms with Crippen LogP contribution in [0.15, 0.2) is 91.0 Å². The van der Waals surface area contributed by atoms with Crippen molar-refractivity contribution in [1.82, 2.24) is 15.1 Å². The van der Waals surface area contributed by atoms with Crippen LogP contribution in [0.5, 0.6) is 0 Å². The summed E-state index contributed by atoms with van der Waals surface area (Å²) in [5, 5.41) is 8.28. The Labute approximate surface area is 205 Å². The Hall–Kier alpha value is -4.12. The first-order valence-electron chi connectivity index (χ1n) is 12.0. The number of hydrogen-bond donors (Lipinski definition) is 1. The van der Waals surface area contributed by atoms with Crippen molar-refractivity contribution in [2.45, 2.75) is 31.8 Å². The molecular weight excluding hydrogens is 432 g/mol. The number of nitrogens with one attached hydrogen (secondary N) is 1. The number of anilines is 1. The van der Waals surface area contributed by atoms with Gasteiger partial charge in [-0.25, -0.2) is 4.68 Å². The third-order valence-corrected chi connectivity index (χ3v) is 7.46. The van der Waals surface area contributed by atoms with Gasteiger partial charge < -0.3 is 10.2 Å². The Morgan fingerprint density at radius 3 is 2.43 bits per heavy atom. The van der Waals surface area contributed by atoms with Crippen LogP contribution in [-0.2, 0) is 10.2 Å². The second-order valence-electron chi connectivity index (χ2n) is 9.94. The minimum absolute atomic E-state index is 0.0362. The SMILES string of the molecule is Cc1ccc(-c2cc(/C=C/[C@@]34NC(=O)CN3c3ccccc3C4(C)C)n(-c3ccccc3)n2)cc1. The number of amides is 1. The Morgan fingerprint density at radius 1 is 0.943 bits per heavy atom. The highest BCUT2D eigenvalue weighted by Crippen LogP contribution is 2.52. The normalized spacial score (nSPS) is 20.2. The lowest BCUT2D eigenvalue weighted by atomic mass is 9.75. The molecule has 3 heterocycles. The van der Waals surface area contributed by atoms with E-state index in [0.717, 1.165) is 28.3 Å². The summed E-state index contributed by atoms with van der Waals surface area (Å²) in [6.07, 6.45) is 4.25. The molecule has 2 aliphatic heterocycles. The van der Waals surface area contributed by atoms with Crippen LogP contribution in [0.25, 0.3) is 23.0 Å². The van der Waals surface area contributed by atoms with Gasteiger partial charge in [0, 0.05) is 16.7 Å². The van der Waals surface area contributed by atoms with Crippen LogP contribution >= 0.6 is 0 Å². The van der Waals surface area contributed by atoms with Gasteiger partial charge in [0.05, 0.1) is 23.6 Å². The molecule has 1 aromatic heterocycles. The molecule has 1 amide bonds. The average molecular weight is 461 g/mol. The summed E-state index contributed by atoms with van der Waals surface area (Å²) >= 11 is 0. The minimum Gasteiger partial charge on any atom is -0.335 e. The van der Waals surface area contributed by atoms with Crippen molar-refractivity contribution in [3.63, 3.8) is 0 Å². The first-order chi connectivity index (χ1) is 16.9. The number of para-hydroxylation sites is 2. The van der Waals surface area contributed by atoms with E-state index in [0.29, 0.717) is 6.54 Å². The summed E-state index contributed by atoms with van der Waals surface area (Å²) in [6, 6.07) is 29.1. The van der Waals surface area contributed by atoms with Gasteiger partial charge in [0.1, 0.15) is 5.66 Å². The van der Waals surface area contributed by atoms with Crippen molar-refractivity contribution < 1.29 is 4.79 Å². The smallest absolute Gasteiger partial charge is 0.241 e. The second-order valence-corrected chi connectivity index (χ2v) is 9.94. The molecule has 0 unspecified atom stereocenters. The fraction of sp³-hybridized carbons (Fsp3) is 0.200. The van der Waals surface area contributed by atoms with Gasteiger partial charge in [0.15, 0.2) is 0 Å². The molecule has 1 N–H and O–H groups in total. The summed E-state index contributed by atoms with van der Waals surface area (Å²) in [7, 11) is 0. The fourth-order valence-electron chi connectivity index (χ4n) is 5.50. The maximum atomic E-state index is 12.7. The van der Waals surface area contributed by atoms with E-state index in [2.05, 4.69) is 104 Å². The molecule has 0 aliphatic carbocycles. The molecule has 0 radical (unpaired) electrons. The quantitative estimate of drug-likeness (QED) is 0.438. The number of nitrogens with zero attached hydrogens (tertiary/aromatic N) is 3. The van der Waals surface area contributed by atoms with Crippen LogP contribution in [0.3, 0.4) is 0 Å². The molecule has 174 valence electrons. The van der Waals surface area contributed by atoms with Gasteiger partial charge in [0.2, 0.25) is 5.91 Å². The lowest BCUT2D eigenvalue weighted by Crippen LogP contribution is -2.58. The molecule has 1 fully saturated rings. The van der Waals surface area contributed by atoms with Crippen LogP contribution in [0.1, 0.15) is 30.7 Å². The third kappa shape index (κ3) is 3.22. The van der Waals surface area contributed by atoms with E-state index in [4.69, 9.17) is 5.10 Å². The number of hydrogen-bond acceptors (Lipinski definition) is 3. The average Bonchev–Trinajstić information content (AvgIpc) is 3.49. The topological polar surface area (TPSA) is 50.2 Å². The van der Waals surface area contributed by atoms with Crippen LogP contribution < -0.4 is 10.2 Å². The van der Waals surface area contributed by atoms with Gasteiger partial charge in [0.25, 0.3) is 0 Å². The van der Waals surface area contributed by atoms with Gasteiger partial charge in [-0.15, -0.1) is 0 Å². The zero-order chi connectivity index (χ0) is 24.2. The molecule has 2 aliphatic rings. The van der Waals surface area contributed by atoms with Crippen LogP contribution in [0.2, 0.25) is 0 Å². The third-order valence-electron chi connectivity index (χ3n) is 7.46. The first-order valence-corrected chi connectivity index (χ1v) is 12.0. The van der Waals surface area contributed by atoms with Crippen molar-refractivity contribution in [2.75, 3.05) is 11.4 Å². The largest absolute Gasteiger partial charge is 0.335 e. The fourth-order valence-corrected chi connectivity index (χ4v) is 5.50. The Balaban J connectivity index is 1.48. The Kier molecular flexibility index (Phi) is 4.71. The number of rotatable bonds is 4. The minimum atomic E-state index is -0.649. The van der Waals surface area contributed by atoms with E-state index in [9.17, 15) is 4.79 Å². The molecule has 5 nitrogen and oxygen atoms in total. The molecule has 35 heavy (non-hydrogen) atoms. The zero-order valence-electron chi connectivity index (χ0n) is 20.2. The van der Waals surface area contributed by atoms with E-state index in [1.54, 1.807) is 0 Å². The maximum absolute atomic E-state index is 12.7. The van der Waals surface area contributed by atoms with Crippen LogP contribution in [-0.4, -0.2) is 27.9 Å². The number of carbonyl (C=O) groups is 1. The Morgan fingerprint density at radius 2 is 1.66 bits per heavy atom. The number of fused-ring (bicyclic) bond motifs is 3. The molecular formula is C30H28N4O. The molecule has 0 spiro atoms.